The van der Waals surface area contributed by atoms with E-state index in [-0.39, 0.29) is 18.6 Å². The van der Waals surface area contributed by atoms with Gasteiger partial charge in [-0.25, -0.2) is 0 Å². The number of hydrogen-bond donors (Lipinski definition) is 0. The number of hydrogen-bond acceptors (Lipinski definition) is 2. The van der Waals surface area contributed by atoms with E-state index in [2.05, 4.69) is 0 Å². The number of Topliss-reactive ketones (excluding diaryl/α,β-unsaturated/α-hetero) is 1. The highest BCUT2D eigenvalue weighted by Crippen LogP contribution is 2.43. The highest BCUT2D eigenvalue weighted by molar-refractivity contribution is 5.86. The molecule has 0 bridgehead atoms. The van der Waals surface area contributed by atoms with Gasteiger partial charge in [-0.15, -0.1) is 0 Å². The molecule has 20 heavy (non-hydrogen) atoms. The van der Waals surface area contributed by atoms with Crippen molar-refractivity contribution in [3.05, 3.63) is 0 Å². The predicted octanol–water partition coefficient (Wildman–Crippen LogP) is 2.64. The Labute approximate surface area is 117 Å². The molecule has 2 unspecified atom stereocenters. The number of nitrogens with zero attached hydrogens (tertiary/aromatic N) is 1. The molecule has 0 aromatic heterocycles. The van der Waals surface area contributed by atoms with E-state index in [1.165, 1.54) is 17.7 Å². The van der Waals surface area contributed by atoms with E-state index in [4.69, 9.17) is 0 Å². The first-order chi connectivity index (χ1) is 9.48. The Morgan fingerprint density at radius 2 is 1.90 bits per heavy atom. The van der Waals surface area contributed by atoms with Crippen LogP contribution < -0.4 is 0 Å². The average molecular weight is 285 g/mol. The lowest BCUT2D eigenvalue weighted by Gasteiger charge is -2.31. The summed E-state index contributed by atoms with van der Waals surface area (Å²) in [5.74, 6) is -4.56. The van der Waals surface area contributed by atoms with Gasteiger partial charge in [-0.2, -0.15) is 8.78 Å². The first-order valence-corrected chi connectivity index (χ1v) is 7.67. The number of amides is 1. The van der Waals surface area contributed by atoms with Crippen LogP contribution in [0, 0.1) is 17.8 Å². The number of ketones is 1. The maximum absolute atomic E-state index is 14.3. The van der Waals surface area contributed by atoms with Crippen LogP contribution in [0.15, 0.2) is 0 Å². The summed E-state index contributed by atoms with van der Waals surface area (Å²) in [6, 6.07) is 0. The fraction of sp³-hybridized carbons (Fsp3) is 0.867. The van der Waals surface area contributed by atoms with Gasteiger partial charge >= 0.3 is 5.92 Å². The van der Waals surface area contributed by atoms with Gasteiger partial charge in [0.2, 0.25) is 0 Å². The smallest absolute Gasteiger partial charge is 0.327 e. The molecule has 3 nitrogen and oxygen atoms in total. The van der Waals surface area contributed by atoms with Crippen LogP contribution in [0.4, 0.5) is 8.78 Å². The van der Waals surface area contributed by atoms with Crippen molar-refractivity contribution in [3.8, 4) is 0 Å². The Morgan fingerprint density at radius 1 is 1.15 bits per heavy atom. The van der Waals surface area contributed by atoms with E-state index < -0.39 is 17.7 Å². The fourth-order valence-corrected chi connectivity index (χ4v) is 3.64. The molecule has 2 atom stereocenters. The third-order valence-corrected chi connectivity index (χ3v) is 5.08. The van der Waals surface area contributed by atoms with Crippen LogP contribution in [0.3, 0.4) is 0 Å². The van der Waals surface area contributed by atoms with Gasteiger partial charge in [0.25, 0.3) is 5.91 Å². The van der Waals surface area contributed by atoms with Crippen molar-refractivity contribution >= 4 is 11.7 Å². The quantitative estimate of drug-likeness (QED) is 0.799. The van der Waals surface area contributed by atoms with Crippen molar-refractivity contribution in [3.63, 3.8) is 0 Å². The van der Waals surface area contributed by atoms with E-state index in [0.29, 0.717) is 37.8 Å². The summed E-state index contributed by atoms with van der Waals surface area (Å²) < 4.78 is 28.7. The maximum atomic E-state index is 14.3. The predicted molar refractivity (Wildman–Crippen MR) is 69.3 cm³/mol. The van der Waals surface area contributed by atoms with Crippen LogP contribution in [-0.4, -0.2) is 35.6 Å². The Kier molecular flexibility index (Phi) is 3.55. The average Bonchev–Trinajstić information content (AvgIpc) is 3.16. The van der Waals surface area contributed by atoms with Crippen molar-refractivity contribution in [2.24, 2.45) is 17.8 Å². The van der Waals surface area contributed by atoms with Crippen molar-refractivity contribution in [2.75, 3.05) is 13.1 Å². The summed E-state index contributed by atoms with van der Waals surface area (Å²) >= 11 is 0. The van der Waals surface area contributed by atoms with Gasteiger partial charge < -0.3 is 4.90 Å². The summed E-state index contributed by atoms with van der Waals surface area (Å²) in [5.41, 5.74) is 0. The number of rotatable bonds is 3. The van der Waals surface area contributed by atoms with E-state index >= 15 is 0 Å². The maximum Gasteiger partial charge on any atom is 0.327 e. The third-order valence-electron chi connectivity index (χ3n) is 5.08. The normalized spacial score (nSPS) is 31.7. The van der Waals surface area contributed by atoms with Crippen LogP contribution in [-0.2, 0) is 9.59 Å². The summed E-state index contributed by atoms with van der Waals surface area (Å²) in [7, 11) is 0. The highest BCUT2D eigenvalue weighted by Gasteiger charge is 2.52. The van der Waals surface area contributed by atoms with E-state index in [1.807, 2.05) is 0 Å². The first-order valence-electron chi connectivity index (χ1n) is 7.67. The summed E-state index contributed by atoms with van der Waals surface area (Å²) in [4.78, 5) is 24.8. The number of likely N-dealkylation sites (tertiary alicyclic amines) is 1. The van der Waals surface area contributed by atoms with Crippen LogP contribution in [0.2, 0.25) is 0 Å². The van der Waals surface area contributed by atoms with Crippen molar-refractivity contribution < 1.29 is 18.4 Å². The van der Waals surface area contributed by atoms with Crippen molar-refractivity contribution in [1.82, 2.24) is 4.90 Å². The van der Waals surface area contributed by atoms with Gasteiger partial charge in [0.05, 0.1) is 0 Å². The largest absolute Gasteiger partial charge is 0.337 e. The lowest BCUT2D eigenvalue weighted by Crippen LogP contribution is -2.48. The molecule has 2 aliphatic carbocycles. The summed E-state index contributed by atoms with van der Waals surface area (Å²) in [6.45, 7) is 0.940. The van der Waals surface area contributed by atoms with Gasteiger partial charge in [-0.1, -0.05) is 0 Å². The number of carbonyl (C=O) groups excluding carboxylic acids is 2. The topological polar surface area (TPSA) is 37.4 Å². The molecule has 0 aromatic rings. The molecule has 1 saturated heterocycles. The molecule has 1 amide bonds. The minimum absolute atomic E-state index is 0.133. The zero-order valence-corrected chi connectivity index (χ0v) is 11.6. The van der Waals surface area contributed by atoms with Crippen LogP contribution in [0.1, 0.15) is 44.9 Å². The number of halogens is 2. The first kappa shape index (κ1) is 14.0. The number of alkyl halides is 2. The Balaban J connectivity index is 1.64. The molecule has 112 valence electrons. The van der Waals surface area contributed by atoms with E-state index in [0.717, 1.165) is 6.42 Å². The minimum Gasteiger partial charge on any atom is -0.337 e. The highest BCUT2D eigenvalue weighted by atomic mass is 19.3. The van der Waals surface area contributed by atoms with Crippen LogP contribution >= 0.6 is 0 Å². The molecule has 0 aromatic carbocycles. The zero-order valence-electron chi connectivity index (χ0n) is 11.6. The van der Waals surface area contributed by atoms with Crippen LogP contribution in [0.5, 0.6) is 0 Å². The van der Waals surface area contributed by atoms with Crippen molar-refractivity contribution in [2.45, 2.75) is 50.9 Å². The second kappa shape index (κ2) is 5.08. The SMILES string of the molecule is O=C1CCCC(C(F)(F)C(=O)N2CCC(C3CC3)C2)C1. The Morgan fingerprint density at radius 3 is 2.55 bits per heavy atom. The molecule has 0 radical (unpaired) electrons. The lowest BCUT2D eigenvalue weighted by atomic mass is 9.83. The molecule has 2 saturated carbocycles. The van der Waals surface area contributed by atoms with E-state index in [9.17, 15) is 18.4 Å². The van der Waals surface area contributed by atoms with Gasteiger partial charge in [0.15, 0.2) is 0 Å². The second-order valence-corrected chi connectivity index (χ2v) is 6.59. The van der Waals surface area contributed by atoms with E-state index in [1.54, 1.807) is 0 Å². The van der Waals surface area contributed by atoms with Crippen LogP contribution in [0.25, 0.3) is 0 Å². The summed E-state index contributed by atoms with van der Waals surface area (Å²) in [5, 5.41) is 0. The molecule has 5 heteroatoms. The van der Waals surface area contributed by atoms with Gasteiger partial charge in [-0.05, 0) is 43.9 Å². The second-order valence-electron chi connectivity index (χ2n) is 6.59. The molecule has 0 N–H and O–H groups in total. The zero-order chi connectivity index (χ0) is 14.3. The molecule has 3 rings (SSSR count). The van der Waals surface area contributed by atoms with Gasteiger partial charge in [-0.3, -0.25) is 9.59 Å². The third kappa shape index (κ3) is 2.59. The fourth-order valence-electron chi connectivity index (χ4n) is 3.64. The molecule has 3 fully saturated rings. The lowest BCUT2D eigenvalue weighted by molar-refractivity contribution is -0.167. The van der Waals surface area contributed by atoms with Gasteiger partial charge in [0, 0.05) is 31.8 Å². The van der Waals surface area contributed by atoms with Gasteiger partial charge in [0.1, 0.15) is 5.78 Å². The molecular weight excluding hydrogens is 264 g/mol. The van der Waals surface area contributed by atoms with Crippen molar-refractivity contribution in [1.29, 1.82) is 0 Å². The Bertz CT molecular complexity index is 420. The molecule has 1 heterocycles. The summed E-state index contributed by atoms with van der Waals surface area (Å²) in [6.07, 6.45) is 4.23. The molecular formula is C15H21F2NO2. The standard InChI is InChI=1S/C15H21F2NO2/c16-15(17,12-2-1-3-13(19)8-12)14(20)18-7-6-11(9-18)10-4-5-10/h10-12H,1-9H2. The molecule has 0 spiro atoms. The minimum atomic E-state index is -3.37. The molecule has 3 aliphatic rings. The Hall–Kier alpha value is -1.00. The monoisotopic (exact) mass is 285 g/mol. The molecule has 1 aliphatic heterocycles. The number of carbonyl (C=O) groups is 2.